The van der Waals surface area contributed by atoms with Gasteiger partial charge in [-0.15, -0.1) is 0 Å². The Bertz CT molecular complexity index is 994. The smallest absolute Gasteiger partial charge is 0.0806 e. The Morgan fingerprint density at radius 2 is 1.91 bits per heavy atom. The second-order valence-corrected chi connectivity index (χ2v) is 10.2. The minimum absolute atomic E-state index is 0.0340. The van der Waals surface area contributed by atoms with Crippen molar-refractivity contribution < 1.29 is 14.9 Å². The van der Waals surface area contributed by atoms with Gasteiger partial charge in [-0.1, -0.05) is 38.6 Å². The molecule has 0 radical (unpaired) electrons. The average Bonchev–Trinajstić information content (AvgIpc) is 2.84. The Hall–Kier alpha value is -2.54. The largest absolute Gasteiger partial charge is 0.394 e. The van der Waals surface area contributed by atoms with E-state index in [-0.39, 0.29) is 24.7 Å². The molecule has 2 aromatic rings. The molecule has 1 atom stereocenters. The van der Waals surface area contributed by atoms with E-state index in [0.717, 1.165) is 44.0 Å². The molecule has 0 saturated carbocycles. The number of ether oxygens (including phenoxy) is 1. The maximum atomic E-state index is 9.61. The summed E-state index contributed by atoms with van der Waals surface area (Å²) in [4.78, 5) is 2.40. The van der Waals surface area contributed by atoms with E-state index < -0.39 is 5.54 Å². The lowest BCUT2D eigenvalue weighted by molar-refractivity contribution is 0.117. The van der Waals surface area contributed by atoms with Gasteiger partial charge in [0.15, 0.2) is 0 Å². The lowest BCUT2D eigenvalue weighted by Gasteiger charge is -2.40. The highest BCUT2D eigenvalue weighted by molar-refractivity contribution is 5.69. The standard InChI is InChI=1S/C27H37N3O3/c1-19(29-27(4,17-31)18-32)20-8-9-24-23(15-20)26(2,3)16-25(28-24)21-6-5-7-22(14-21)30-10-12-33-13-11-30/h5-9,14-15,25,28-29,31-32H,1,10-13,16-18H2,2-4H3. The molecular weight excluding hydrogens is 414 g/mol. The maximum absolute atomic E-state index is 9.61. The minimum atomic E-state index is -0.808. The molecule has 0 amide bonds. The van der Waals surface area contributed by atoms with Crippen molar-refractivity contribution >= 4 is 17.1 Å². The number of fused-ring (bicyclic) bond motifs is 1. The molecule has 178 valence electrons. The number of morpholine rings is 1. The third kappa shape index (κ3) is 5.03. The van der Waals surface area contributed by atoms with Gasteiger partial charge in [-0.25, -0.2) is 0 Å². The number of nitrogens with one attached hydrogen (secondary N) is 2. The van der Waals surface area contributed by atoms with Gasteiger partial charge in [-0.3, -0.25) is 0 Å². The predicted molar refractivity (Wildman–Crippen MR) is 135 cm³/mol. The quantitative estimate of drug-likeness (QED) is 0.515. The number of hydrogen-bond acceptors (Lipinski definition) is 6. The van der Waals surface area contributed by atoms with Crippen molar-refractivity contribution in [3.05, 3.63) is 65.7 Å². The maximum Gasteiger partial charge on any atom is 0.0806 e. The number of nitrogens with zero attached hydrogens (tertiary/aromatic N) is 1. The van der Waals surface area contributed by atoms with Crippen LogP contribution in [0.4, 0.5) is 11.4 Å². The summed E-state index contributed by atoms with van der Waals surface area (Å²) < 4.78 is 5.51. The minimum Gasteiger partial charge on any atom is -0.394 e. The van der Waals surface area contributed by atoms with Gasteiger partial charge in [0, 0.05) is 30.2 Å². The van der Waals surface area contributed by atoms with E-state index >= 15 is 0 Å². The van der Waals surface area contributed by atoms with Crippen LogP contribution in [0.25, 0.3) is 5.70 Å². The van der Waals surface area contributed by atoms with Crippen LogP contribution >= 0.6 is 0 Å². The van der Waals surface area contributed by atoms with Crippen LogP contribution in [0.3, 0.4) is 0 Å². The Kier molecular flexibility index (Phi) is 6.71. The Morgan fingerprint density at radius 3 is 2.61 bits per heavy atom. The van der Waals surface area contributed by atoms with Crippen molar-refractivity contribution in [3.63, 3.8) is 0 Å². The predicted octanol–water partition coefficient (Wildman–Crippen LogP) is 3.66. The number of anilines is 2. The summed E-state index contributed by atoms with van der Waals surface area (Å²) in [5, 5.41) is 26.2. The second kappa shape index (κ2) is 9.37. The molecule has 1 unspecified atom stereocenters. The van der Waals surface area contributed by atoms with Gasteiger partial charge in [0.05, 0.1) is 38.0 Å². The van der Waals surface area contributed by atoms with Crippen LogP contribution in [-0.2, 0) is 10.2 Å². The molecule has 0 bridgehead atoms. The van der Waals surface area contributed by atoms with E-state index in [4.69, 9.17) is 4.74 Å². The Labute approximate surface area is 197 Å². The summed E-state index contributed by atoms with van der Waals surface area (Å²) in [7, 11) is 0. The van der Waals surface area contributed by atoms with Crippen molar-refractivity contribution in [2.75, 3.05) is 49.7 Å². The van der Waals surface area contributed by atoms with Gasteiger partial charge >= 0.3 is 0 Å². The monoisotopic (exact) mass is 451 g/mol. The molecule has 2 aliphatic rings. The van der Waals surface area contributed by atoms with Crippen LogP contribution in [0.5, 0.6) is 0 Å². The first kappa shape index (κ1) is 23.6. The molecule has 6 nitrogen and oxygen atoms in total. The number of rotatable bonds is 7. The van der Waals surface area contributed by atoms with Gasteiger partial charge in [-0.2, -0.15) is 0 Å². The highest BCUT2D eigenvalue weighted by Gasteiger charge is 2.34. The summed E-state index contributed by atoms with van der Waals surface area (Å²) in [6, 6.07) is 15.4. The molecule has 0 spiro atoms. The molecule has 33 heavy (non-hydrogen) atoms. The first-order valence-corrected chi connectivity index (χ1v) is 11.8. The second-order valence-electron chi connectivity index (χ2n) is 10.2. The molecular formula is C27H37N3O3. The molecule has 4 rings (SSSR count). The van der Waals surface area contributed by atoms with Crippen LogP contribution in [-0.4, -0.2) is 55.3 Å². The van der Waals surface area contributed by atoms with Crippen molar-refractivity contribution in [2.24, 2.45) is 0 Å². The van der Waals surface area contributed by atoms with E-state index in [2.05, 4.69) is 72.4 Å². The van der Waals surface area contributed by atoms with Crippen LogP contribution in [0.1, 0.15) is 49.9 Å². The fourth-order valence-corrected chi connectivity index (χ4v) is 4.80. The normalized spacial score (nSPS) is 20.0. The van der Waals surface area contributed by atoms with Gasteiger partial charge in [0.1, 0.15) is 0 Å². The van der Waals surface area contributed by atoms with Crippen LogP contribution in [0.15, 0.2) is 49.0 Å². The first-order valence-electron chi connectivity index (χ1n) is 11.8. The zero-order chi connectivity index (χ0) is 23.6. The average molecular weight is 452 g/mol. The molecule has 2 heterocycles. The van der Waals surface area contributed by atoms with Crippen LogP contribution in [0, 0.1) is 0 Å². The number of benzene rings is 2. The molecule has 2 aromatic carbocycles. The first-order chi connectivity index (χ1) is 15.7. The highest BCUT2D eigenvalue weighted by Crippen LogP contribution is 2.45. The van der Waals surface area contributed by atoms with Crippen molar-refractivity contribution in [1.82, 2.24) is 5.32 Å². The van der Waals surface area contributed by atoms with Crippen LogP contribution in [0.2, 0.25) is 0 Å². The summed E-state index contributed by atoms with van der Waals surface area (Å²) in [5.41, 5.74) is 5.76. The van der Waals surface area contributed by atoms with E-state index in [1.54, 1.807) is 6.92 Å². The molecule has 1 fully saturated rings. The van der Waals surface area contributed by atoms with E-state index in [1.165, 1.54) is 16.8 Å². The van der Waals surface area contributed by atoms with Crippen LogP contribution < -0.4 is 15.5 Å². The zero-order valence-corrected chi connectivity index (χ0v) is 20.0. The van der Waals surface area contributed by atoms with E-state index in [1.807, 2.05) is 6.07 Å². The Morgan fingerprint density at radius 1 is 1.18 bits per heavy atom. The number of aliphatic hydroxyl groups is 2. The Balaban J connectivity index is 1.56. The fraction of sp³-hybridized carbons (Fsp3) is 0.481. The third-order valence-corrected chi connectivity index (χ3v) is 6.94. The molecule has 1 saturated heterocycles. The van der Waals surface area contributed by atoms with E-state index in [9.17, 15) is 10.2 Å². The van der Waals surface area contributed by atoms with Crippen molar-refractivity contribution in [2.45, 2.75) is 44.2 Å². The van der Waals surface area contributed by atoms with Crippen molar-refractivity contribution in [3.8, 4) is 0 Å². The molecule has 4 N–H and O–H groups in total. The SMILES string of the molecule is C=C(NC(C)(CO)CO)c1ccc2c(c1)C(C)(C)CC(c1cccc(N3CCOCC3)c1)N2. The lowest BCUT2D eigenvalue weighted by Crippen LogP contribution is -2.47. The summed E-state index contributed by atoms with van der Waals surface area (Å²) >= 11 is 0. The van der Waals surface area contributed by atoms with Gasteiger partial charge in [0.2, 0.25) is 0 Å². The molecule has 0 aromatic heterocycles. The summed E-state index contributed by atoms with van der Waals surface area (Å²) in [6.07, 6.45) is 0.973. The number of aliphatic hydroxyl groups excluding tert-OH is 2. The number of hydrogen-bond donors (Lipinski definition) is 4. The third-order valence-electron chi connectivity index (χ3n) is 6.94. The highest BCUT2D eigenvalue weighted by atomic mass is 16.5. The van der Waals surface area contributed by atoms with Crippen molar-refractivity contribution in [1.29, 1.82) is 0 Å². The summed E-state index contributed by atoms with van der Waals surface area (Å²) in [6.45, 7) is 13.6. The zero-order valence-electron chi connectivity index (χ0n) is 20.0. The van der Waals surface area contributed by atoms with E-state index in [0.29, 0.717) is 5.70 Å². The lowest BCUT2D eigenvalue weighted by atomic mass is 9.73. The van der Waals surface area contributed by atoms with Gasteiger partial charge in [0.25, 0.3) is 0 Å². The summed E-state index contributed by atoms with van der Waals surface area (Å²) in [5.74, 6) is 0. The van der Waals surface area contributed by atoms with Gasteiger partial charge < -0.3 is 30.5 Å². The molecule has 0 aliphatic carbocycles. The fourth-order valence-electron chi connectivity index (χ4n) is 4.80. The topological polar surface area (TPSA) is 77.0 Å². The molecule has 2 aliphatic heterocycles. The molecule has 6 heteroatoms. The van der Waals surface area contributed by atoms with Gasteiger partial charge in [-0.05, 0) is 59.7 Å².